The van der Waals surface area contributed by atoms with Gasteiger partial charge in [-0.3, -0.25) is 4.57 Å². The van der Waals surface area contributed by atoms with Crippen molar-refractivity contribution in [3.63, 3.8) is 0 Å². The lowest BCUT2D eigenvalue weighted by Crippen LogP contribution is -2.02. The molecule has 0 aliphatic heterocycles. The van der Waals surface area contributed by atoms with E-state index in [1.54, 1.807) is 0 Å². The highest BCUT2D eigenvalue weighted by Crippen LogP contribution is 2.23. The molecule has 5 heteroatoms. The average Bonchev–Trinajstić information content (AvgIpc) is 2.75. The summed E-state index contributed by atoms with van der Waals surface area (Å²) in [6.07, 6.45) is 0. The van der Waals surface area contributed by atoms with Gasteiger partial charge in [-0.05, 0) is 49.7 Å². The van der Waals surface area contributed by atoms with Gasteiger partial charge in [-0.25, -0.2) is 14.4 Å². The Morgan fingerprint density at radius 1 is 1.15 bits per heavy atom. The van der Waals surface area contributed by atoms with E-state index < -0.39 is 0 Å². The zero-order valence-electron chi connectivity index (χ0n) is 11.2. The van der Waals surface area contributed by atoms with Crippen LogP contribution in [-0.2, 0) is 5.88 Å². The van der Waals surface area contributed by atoms with Gasteiger partial charge in [0, 0.05) is 5.69 Å². The molecule has 2 aromatic heterocycles. The van der Waals surface area contributed by atoms with Crippen LogP contribution in [0.25, 0.3) is 16.9 Å². The van der Waals surface area contributed by atoms with Gasteiger partial charge in [-0.1, -0.05) is 0 Å². The maximum Gasteiger partial charge on any atom is 0.164 e. The lowest BCUT2D eigenvalue weighted by atomic mass is 10.2. The largest absolute Gasteiger partial charge is 0.280 e. The smallest absolute Gasteiger partial charge is 0.164 e. The Morgan fingerprint density at radius 2 is 1.95 bits per heavy atom. The summed E-state index contributed by atoms with van der Waals surface area (Å²) in [5.74, 6) is 0.616. The molecule has 0 bridgehead atoms. The summed E-state index contributed by atoms with van der Waals surface area (Å²) in [7, 11) is 0. The number of hydrogen-bond acceptors (Lipinski definition) is 2. The fourth-order valence-corrected chi connectivity index (χ4v) is 2.49. The first kappa shape index (κ1) is 13.1. The number of halogens is 2. The standard InChI is InChI=1S/C15H13ClFN3/c1-9-5-11(17)7-12(6-9)20-14(8-16)19-13-4-3-10(2)18-15(13)20/h3-7H,8H2,1-2H3. The molecule has 0 spiro atoms. The minimum Gasteiger partial charge on any atom is -0.280 e. The predicted octanol–water partition coefficient (Wildman–Crippen LogP) is 3.92. The van der Waals surface area contributed by atoms with Crippen molar-refractivity contribution in [2.75, 3.05) is 0 Å². The molecule has 0 radical (unpaired) electrons. The van der Waals surface area contributed by atoms with Gasteiger partial charge >= 0.3 is 0 Å². The number of benzene rings is 1. The second-order valence-electron chi connectivity index (χ2n) is 4.78. The van der Waals surface area contributed by atoms with Gasteiger partial charge in [0.15, 0.2) is 5.65 Å². The number of alkyl halides is 1. The quantitative estimate of drug-likeness (QED) is 0.670. The molecule has 0 aliphatic carbocycles. The van der Waals surface area contributed by atoms with Crippen molar-refractivity contribution >= 4 is 22.8 Å². The second kappa shape index (κ2) is 4.87. The average molecular weight is 290 g/mol. The molecule has 102 valence electrons. The van der Waals surface area contributed by atoms with Crippen LogP contribution >= 0.6 is 11.6 Å². The number of hydrogen-bond donors (Lipinski definition) is 0. The van der Waals surface area contributed by atoms with Crippen LogP contribution in [0.4, 0.5) is 4.39 Å². The Hall–Kier alpha value is -1.94. The Morgan fingerprint density at radius 3 is 2.65 bits per heavy atom. The summed E-state index contributed by atoms with van der Waals surface area (Å²) in [5, 5.41) is 0. The molecule has 0 N–H and O–H groups in total. The lowest BCUT2D eigenvalue weighted by Gasteiger charge is -2.08. The van der Waals surface area contributed by atoms with Crippen molar-refractivity contribution in [2.45, 2.75) is 19.7 Å². The first-order chi connectivity index (χ1) is 9.58. The van der Waals surface area contributed by atoms with Crippen molar-refractivity contribution < 1.29 is 4.39 Å². The molecule has 2 heterocycles. The monoisotopic (exact) mass is 289 g/mol. The summed E-state index contributed by atoms with van der Waals surface area (Å²) < 4.78 is 15.5. The van der Waals surface area contributed by atoms with Crippen LogP contribution in [0.2, 0.25) is 0 Å². The molecule has 0 amide bonds. The van der Waals surface area contributed by atoms with Gasteiger partial charge in [0.05, 0.1) is 11.6 Å². The van der Waals surface area contributed by atoms with Crippen molar-refractivity contribution in [3.8, 4) is 5.69 Å². The second-order valence-corrected chi connectivity index (χ2v) is 5.05. The molecule has 3 aromatic rings. The van der Waals surface area contributed by atoms with Crippen LogP contribution in [-0.4, -0.2) is 14.5 Å². The van der Waals surface area contributed by atoms with Gasteiger partial charge in [0.1, 0.15) is 17.2 Å². The SMILES string of the molecule is Cc1cc(F)cc(-n2c(CCl)nc3ccc(C)nc32)c1. The molecule has 3 nitrogen and oxygen atoms in total. The summed E-state index contributed by atoms with van der Waals surface area (Å²) in [6.45, 7) is 3.76. The maximum atomic E-state index is 13.6. The Kier molecular flexibility index (Phi) is 3.18. The molecule has 0 fully saturated rings. The Balaban J connectivity index is 2.35. The highest BCUT2D eigenvalue weighted by atomic mass is 35.5. The molecular formula is C15H13ClFN3. The minimum absolute atomic E-state index is 0.241. The van der Waals surface area contributed by atoms with Gasteiger partial charge in [0.25, 0.3) is 0 Å². The topological polar surface area (TPSA) is 30.7 Å². The normalized spacial score (nSPS) is 11.2. The number of aryl methyl sites for hydroxylation is 2. The summed E-state index contributed by atoms with van der Waals surface area (Å²) >= 11 is 5.97. The Bertz CT molecular complexity index is 775. The van der Waals surface area contributed by atoms with Crippen molar-refractivity contribution in [2.24, 2.45) is 0 Å². The first-order valence-electron chi connectivity index (χ1n) is 6.27. The van der Waals surface area contributed by atoms with E-state index in [1.807, 2.05) is 36.6 Å². The maximum absolute atomic E-state index is 13.6. The van der Waals surface area contributed by atoms with Crippen LogP contribution in [0.5, 0.6) is 0 Å². The molecule has 0 aliphatic rings. The molecule has 0 saturated carbocycles. The van der Waals surface area contributed by atoms with Crippen LogP contribution in [0, 0.1) is 19.7 Å². The molecule has 0 unspecified atom stereocenters. The number of pyridine rings is 1. The van der Waals surface area contributed by atoms with E-state index >= 15 is 0 Å². The molecular weight excluding hydrogens is 277 g/mol. The van der Waals surface area contributed by atoms with Gasteiger partial charge in [0.2, 0.25) is 0 Å². The number of rotatable bonds is 2. The van der Waals surface area contributed by atoms with E-state index in [1.165, 1.54) is 12.1 Å². The van der Waals surface area contributed by atoms with E-state index in [2.05, 4.69) is 9.97 Å². The number of fused-ring (bicyclic) bond motifs is 1. The molecule has 20 heavy (non-hydrogen) atoms. The third kappa shape index (κ3) is 2.16. The molecule has 1 aromatic carbocycles. The van der Waals surface area contributed by atoms with E-state index in [-0.39, 0.29) is 11.7 Å². The molecule has 0 saturated heterocycles. The lowest BCUT2D eigenvalue weighted by molar-refractivity contribution is 0.625. The minimum atomic E-state index is -0.282. The fraction of sp³-hybridized carbons (Fsp3) is 0.200. The van der Waals surface area contributed by atoms with Crippen molar-refractivity contribution in [1.82, 2.24) is 14.5 Å². The van der Waals surface area contributed by atoms with Crippen molar-refractivity contribution in [3.05, 3.63) is 53.2 Å². The van der Waals surface area contributed by atoms with Crippen LogP contribution in [0.1, 0.15) is 17.1 Å². The predicted molar refractivity (Wildman–Crippen MR) is 77.9 cm³/mol. The summed E-state index contributed by atoms with van der Waals surface area (Å²) in [6, 6.07) is 8.64. The molecule has 0 atom stereocenters. The van der Waals surface area contributed by atoms with E-state index in [0.29, 0.717) is 17.2 Å². The highest BCUT2D eigenvalue weighted by molar-refractivity contribution is 6.16. The van der Waals surface area contributed by atoms with Gasteiger partial charge < -0.3 is 0 Å². The van der Waals surface area contributed by atoms with Gasteiger partial charge in [-0.15, -0.1) is 11.6 Å². The fourth-order valence-electron chi connectivity index (χ4n) is 2.31. The van der Waals surface area contributed by atoms with E-state index in [0.717, 1.165) is 16.8 Å². The van der Waals surface area contributed by atoms with E-state index in [4.69, 9.17) is 11.6 Å². The number of nitrogens with zero attached hydrogens (tertiary/aromatic N) is 3. The highest BCUT2D eigenvalue weighted by Gasteiger charge is 2.14. The zero-order valence-corrected chi connectivity index (χ0v) is 11.9. The molecule has 3 rings (SSSR count). The van der Waals surface area contributed by atoms with Crippen LogP contribution in [0.15, 0.2) is 30.3 Å². The zero-order chi connectivity index (χ0) is 14.3. The van der Waals surface area contributed by atoms with Crippen LogP contribution < -0.4 is 0 Å². The van der Waals surface area contributed by atoms with E-state index in [9.17, 15) is 4.39 Å². The third-order valence-electron chi connectivity index (χ3n) is 3.12. The summed E-state index contributed by atoms with van der Waals surface area (Å²) in [5.41, 5.74) is 3.88. The third-order valence-corrected chi connectivity index (χ3v) is 3.36. The van der Waals surface area contributed by atoms with Crippen LogP contribution in [0.3, 0.4) is 0 Å². The first-order valence-corrected chi connectivity index (χ1v) is 6.80. The van der Waals surface area contributed by atoms with Crippen molar-refractivity contribution in [1.29, 1.82) is 0 Å². The number of aromatic nitrogens is 3. The number of imidazole rings is 1. The van der Waals surface area contributed by atoms with Gasteiger partial charge in [-0.2, -0.15) is 0 Å². The summed E-state index contributed by atoms with van der Waals surface area (Å²) in [4.78, 5) is 8.95. The Labute approximate surface area is 121 Å².